The topological polar surface area (TPSA) is 125 Å². The van der Waals surface area contributed by atoms with Crippen molar-refractivity contribution in [1.29, 1.82) is 10.5 Å². The zero-order valence-corrected chi connectivity index (χ0v) is 25.5. The van der Waals surface area contributed by atoms with Crippen LogP contribution in [0.1, 0.15) is 72.6 Å². The summed E-state index contributed by atoms with van der Waals surface area (Å²) in [6.07, 6.45) is 1.99. The van der Waals surface area contributed by atoms with Crippen molar-refractivity contribution in [2.75, 3.05) is 19.7 Å². The average molecular weight is 595 g/mol. The molecule has 1 N–H and O–H groups in total. The minimum absolute atomic E-state index is 0.101. The van der Waals surface area contributed by atoms with Gasteiger partial charge in [-0.1, -0.05) is 24.3 Å². The Bertz CT molecular complexity index is 1430. The van der Waals surface area contributed by atoms with Gasteiger partial charge in [0, 0.05) is 30.3 Å². The van der Waals surface area contributed by atoms with Crippen molar-refractivity contribution in [2.45, 2.75) is 58.8 Å². The van der Waals surface area contributed by atoms with E-state index < -0.39 is 6.09 Å². The molecule has 3 aromatic rings. The smallest absolute Gasteiger partial charge is 0.407 e. The molecular weight excluding hydrogens is 556 g/mol. The fourth-order valence-electron chi connectivity index (χ4n) is 4.81. The normalized spacial score (nSPS) is 13.3. The molecule has 228 valence electrons. The number of nitrogens with zero attached hydrogens (tertiary/aromatic N) is 3. The van der Waals surface area contributed by atoms with E-state index in [0.29, 0.717) is 53.8 Å². The highest BCUT2D eigenvalue weighted by atomic mass is 16.5. The highest BCUT2D eigenvalue weighted by Crippen LogP contribution is 2.28. The van der Waals surface area contributed by atoms with Crippen LogP contribution < -0.4 is 14.8 Å². The number of amides is 2. The third-order valence-corrected chi connectivity index (χ3v) is 7.24. The van der Waals surface area contributed by atoms with Crippen LogP contribution in [0.4, 0.5) is 4.79 Å². The Morgan fingerprint density at radius 3 is 1.80 bits per heavy atom. The maximum absolute atomic E-state index is 13.6. The molecule has 0 aliphatic carbocycles. The van der Waals surface area contributed by atoms with Crippen molar-refractivity contribution in [3.05, 3.63) is 94.5 Å². The van der Waals surface area contributed by atoms with Crippen LogP contribution in [0.15, 0.2) is 66.7 Å². The lowest BCUT2D eigenvalue weighted by molar-refractivity contribution is 0.0670. The first-order valence-electron chi connectivity index (χ1n) is 14.7. The molecule has 0 unspecified atom stereocenters. The van der Waals surface area contributed by atoms with Gasteiger partial charge in [0.15, 0.2) is 0 Å². The Hall–Kier alpha value is -5.02. The fourth-order valence-corrected chi connectivity index (χ4v) is 4.81. The van der Waals surface area contributed by atoms with Crippen molar-refractivity contribution in [1.82, 2.24) is 10.2 Å². The molecule has 1 heterocycles. The van der Waals surface area contributed by atoms with Crippen molar-refractivity contribution in [3.63, 3.8) is 0 Å². The van der Waals surface area contributed by atoms with Crippen LogP contribution in [0.2, 0.25) is 0 Å². The summed E-state index contributed by atoms with van der Waals surface area (Å²) in [7, 11) is 0. The van der Waals surface area contributed by atoms with Gasteiger partial charge in [-0.15, -0.1) is 0 Å². The minimum Gasteiger partial charge on any atom is -0.489 e. The monoisotopic (exact) mass is 594 g/mol. The van der Waals surface area contributed by atoms with Crippen LogP contribution in [0.3, 0.4) is 0 Å². The summed E-state index contributed by atoms with van der Waals surface area (Å²) in [4.78, 5) is 27.4. The van der Waals surface area contributed by atoms with Gasteiger partial charge in [0.25, 0.3) is 5.91 Å². The maximum Gasteiger partial charge on any atom is 0.407 e. The van der Waals surface area contributed by atoms with E-state index in [1.54, 1.807) is 42.5 Å². The number of likely N-dealkylation sites (tertiary alicyclic amines) is 1. The number of alkyl carbamates (subject to hydrolysis) is 1. The van der Waals surface area contributed by atoms with Crippen LogP contribution in [0, 0.1) is 28.6 Å². The van der Waals surface area contributed by atoms with Gasteiger partial charge < -0.3 is 24.4 Å². The number of benzene rings is 3. The molecular formula is C35H38N4O5. The van der Waals surface area contributed by atoms with E-state index >= 15 is 0 Å². The van der Waals surface area contributed by atoms with Crippen LogP contribution in [-0.4, -0.2) is 42.1 Å². The predicted octanol–water partition coefficient (Wildman–Crippen LogP) is 6.35. The first-order chi connectivity index (χ1) is 21.1. The number of hydrogen-bond donors (Lipinski definition) is 1. The number of nitrogens with one attached hydrogen (secondary N) is 1. The van der Waals surface area contributed by atoms with E-state index in [9.17, 15) is 9.59 Å². The molecule has 0 bridgehead atoms. The van der Waals surface area contributed by atoms with Crippen LogP contribution in [-0.2, 0) is 18.0 Å². The second kappa shape index (κ2) is 14.9. The average Bonchev–Trinajstić information content (AvgIpc) is 3.02. The molecule has 44 heavy (non-hydrogen) atoms. The number of carbonyl (C=O) groups excluding carboxylic acids is 2. The summed E-state index contributed by atoms with van der Waals surface area (Å²) in [6, 6.07) is 23.7. The zero-order valence-electron chi connectivity index (χ0n) is 25.5. The highest BCUT2D eigenvalue weighted by molar-refractivity contribution is 5.95. The van der Waals surface area contributed by atoms with Gasteiger partial charge in [-0.2, -0.15) is 10.5 Å². The lowest BCUT2D eigenvalue weighted by Gasteiger charge is -2.32. The van der Waals surface area contributed by atoms with Crippen molar-refractivity contribution >= 4 is 12.0 Å². The van der Waals surface area contributed by atoms with E-state index in [4.69, 9.17) is 24.7 Å². The van der Waals surface area contributed by atoms with Crippen LogP contribution in [0.25, 0.3) is 0 Å². The van der Waals surface area contributed by atoms with E-state index in [-0.39, 0.29) is 24.7 Å². The van der Waals surface area contributed by atoms with Gasteiger partial charge >= 0.3 is 6.09 Å². The lowest BCUT2D eigenvalue weighted by atomic mass is 9.93. The summed E-state index contributed by atoms with van der Waals surface area (Å²) in [6.45, 7) is 7.80. The molecule has 9 nitrogen and oxygen atoms in total. The van der Waals surface area contributed by atoms with Crippen molar-refractivity contribution in [3.8, 4) is 23.6 Å². The molecule has 0 saturated carbocycles. The third kappa shape index (κ3) is 9.78. The molecule has 2 amide bonds. The Morgan fingerprint density at radius 2 is 1.34 bits per heavy atom. The van der Waals surface area contributed by atoms with Crippen LogP contribution >= 0.6 is 0 Å². The summed E-state index contributed by atoms with van der Waals surface area (Å²) >= 11 is 0. The van der Waals surface area contributed by atoms with Crippen molar-refractivity contribution in [2.24, 2.45) is 5.92 Å². The van der Waals surface area contributed by atoms with Gasteiger partial charge in [0.05, 0.1) is 29.9 Å². The summed E-state index contributed by atoms with van der Waals surface area (Å²) < 4.78 is 17.5. The molecule has 9 heteroatoms. The Labute approximate surface area is 259 Å². The molecule has 1 saturated heterocycles. The maximum atomic E-state index is 13.6. The Morgan fingerprint density at radius 1 is 0.841 bits per heavy atom. The third-order valence-electron chi connectivity index (χ3n) is 7.24. The number of nitriles is 2. The van der Waals surface area contributed by atoms with Gasteiger partial charge in [-0.25, -0.2) is 4.79 Å². The van der Waals surface area contributed by atoms with E-state index in [1.165, 1.54) is 0 Å². The van der Waals surface area contributed by atoms with Gasteiger partial charge in [-0.05, 0) is 93.5 Å². The largest absolute Gasteiger partial charge is 0.489 e. The molecule has 0 spiro atoms. The molecule has 0 aromatic heterocycles. The van der Waals surface area contributed by atoms with Crippen LogP contribution in [0.5, 0.6) is 11.5 Å². The van der Waals surface area contributed by atoms with Crippen molar-refractivity contribution < 1.29 is 23.8 Å². The van der Waals surface area contributed by atoms with Gasteiger partial charge in [0.2, 0.25) is 0 Å². The number of piperidine rings is 1. The SMILES string of the molecule is CC(C)(C)NC(=O)OCCC1CCN(C(=O)c2cc(OCc3ccc(C#N)cc3)cc(OCc3ccc(C#N)cc3)c2)CC1. The second-order valence-electron chi connectivity index (χ2n) is 11.9. The zero-order chi connectivity index (χ0) is 31.5. The number of hydrogen-bond acceptors (Lipinski definition) is 7. The Balaban J connectivity index is 1.39. The van der Waals surface area contributed by atoms with E-state index in [0.717, 1.165) is 30.4 Å². The summed E-state index contributed by atoms with van der Waals surface area (Å²) in [5, 5.41) is 20.9. The number of rotatable bonds is 10. The lowest BCUT2D eigenvalue weighted by Crippen LogP contribution is -2.41. The summed E-state index contributed by atoms with van der Waals surface area (Å²) in [5.74, 6) is 1.26. The van der Waals surface area contributed by atoms with E-state index in [2.05, 4.69) is 17.5 Å². The van der Waals surface area contributed by atoms with E-state index in [1.807, 2.05) is 49.9 Å². The molecule has 1 aliphatic heterocycles. The summed E-state index contributed by atoms with van der Waals surface area (Å²) in [5.41, 5.74) is 3.05. The van der Waals surface area contributed by atoms with Gasteiger partial charge in [-0.3, -0.25) is 4.79 Å². The molecule has 1 aliphatic rings. The predicted molar refractivity (Wildman–Crippen MR) is 165 cm³/mol. The first-order valence-corrected chi connectivity index (χ1v) is 14.7. The standard InChI is InChI=1S/C35H38N4O5/c1-35(2,3)38-34(41)42-17-14-25-12-15-39(16-13-25)33(40)30-18-31(43-23-28-8-4-26(21-36)5-9-28)20-32(19-30)44-24-29-10-6-27(22-37)7-11-29/h4-11,18-20,25H,12-17,23-24H2,1-3H3,(H,38,41). The highest BCUT2D eigenvalue weighted by Gasteiger charge is 2.25. The number of carbonyl (C=O) groups is 2. The number of ether oxygens (including phenoxy) is 3. The molecule has 0 atom stereocenters. The molecule has 0 radical (unpaired) electrons. The first kappa shape index (κ1) is 31.9. The Kier molecular flexibility index (Phi) is 10.8. The van der Waals surface area contributed by atoms with Gasteiger partial charge in [0.1, 0.15) is 24.7 Å². The second-order valence-corrected chi connectivity index (χ2v) is 11.9. The minimum atomic E-state index is -0.413. The quantitative estimate of drug-likeness (QED) is 0.290. The molecule has 1 fully saturated rings. The molecule has 4 rings (SSSR count). The fraction of sp³-hybridized carbons (Fsp3) is 0.371. The molecule has 3 aromatic carbocycles.